The second-order valence-corrected chi connectivity index (χ2v) is 10.7. The first-order valence-corrected chi connectivity index (χ1v) is 14.1. The number of aromatic nitrogens is 2. The second-order valence-electron chi connectivity index (χ2n) is 10.7. The van der Waals surface area contributed by atoms with Gasteiger partial charge < -0.3 is 5.32 Å². The number of piperidine rings is 2. The number of nitrogens with zero attached hydrogens (tertiary/aromatic N) is 3. The maximum atomic E-state index is 4.31. The van der Waals surface area contributed by atoms with Crippen molar-refractivity contribution >= 4 is 0 Å². The van der Waals surface area contributed by atoms with Crippen molar-refractivity contribution in [1.82, 2.24) is 20.2 Å². The van der Waals surface area contributed by atoms with Gasteiger partial charge in [-0.15, -0.1) is 0 Å². The largest absolute Gasteiger partial charge is 0.311 e. The van der Waals surface area contributed by atoms with Crippen molar-refractivity contribution in [2.24, 2.45) is 0 Å². The summed E-state index contributed by atoms with van der Waals surface area (Å²) >= 11 is 0. The topological polar surface area (TPSA) is 41.1 Å². The third-order valence-electron chi connectivity index (χ3n) is 8.38. The summed E-state index contributed by atoms with van der Waals surface area (Å²) in [5.41, 5.74) is 2.81. The van der Waals surface area contributed by atoms with E-state index in [0.717, 1.165) is 24.5 Å². The summed E-state index contributed by atoms with van der Waals surface area (Å²) in [7, 11) is 0. The Morgan fingerprint density at radius 3 is 2.35 bits per heavy atom. The highest BCUT2D eigenvalue weighted by molar-refractivity contribution is 5.10. The van der Waals surface area contributed by atoms with Crippen LogP contribution in [0.25, 0.3) is 0 Å². The molecular formula is C30H46N4. The zero-order chi connectivity index (χ0) is 23.6. The fraction of sp³-hybridized carbons (Fsp3) is 0.667. The fourth-order valence-electron chi connectivity index (χ4n) is 6.63. The highest BCUT2D eigenvalue weighted by Gasteiger charge is 2.38. The van der Waals surface area contributed by atoms with E-state index in [1.165, 1.54) is 88.2 Å². The van der Waals surface area contributed by atoms with Crippen molar-refractivity contribution in [3.8, 4) is 0 Å². The number of pyridine rings is 2. The van der Waals surface area contributed by atoms with E-state index >= 15 is 0 Å². The highest BCUT2D eigenvalue weighted by atomic mass is 15.2. The standard InChI is InChI=1S/C30H46N4/c1-3-26-21-30(22-27(33-26)12-5-9-24-16-19-31-20-17-24)34-28(4-2)13-7-15-29(34)14-6-10-25-11-8-18-32-23-25/h8,11,16-20,23,26-30,33H,3-7,9-10,12-15,21-22H2,1-2H3. The molecule has 0 radical (unpaired) electrons. The van der Waals surface area contributed by atoms with Gasteiger partial charge in [-0.05, 0) is 106 Å². The molecule has 1 N–H and O–H groups in total. The first-order chi connectivity index (χ1) is 16.8. The lowest BCUT2D eigenvalue weighted by Crippen LogP contribution is -2.58. The Labute approximate surface area is 208 Å². The Kier molecular flexibility index (Phi) is 9.94. The number of hydrogen-bond donors (Lipinski definition) is 1. The molecule has 0 bridgehead atoms. The Hall–Kier alpha value is -1.78. The number of hydrogen-bond acceptors (Lipinski definition) is 4. The number of rotatable bonds is 11. The van der Waals surface area contributed by atoms with Gasteiger partial charge in [0.25, 0.3) is 0 Å². The summed E-state index contributed by atoms with van der Waals surface area (Å²) in [6, 6.07) is 12.2. The van der Waals surface area contributed by atoms with Crippen LogP contribution in [-0.4, -0.2) is 45.1 Å². The summed E-state index contributed by atoms with van der Waals surface area (Å²) in [5, 5.41) is 4.02. The van der Waals surface area contributed by atoms with Crippen LogP contribution < -0.4 is 5.32 Å². The predicted molar refractivity (Wildman–Crippen MR) is 142 cm³/mol. The molecule has 5 atom stereocenters. The Morgan fingerprint density at radius 2 is 1.59 bits per heavy atom. The molecule has 0 spiro atoms. The first-order valence-electron chi connectivity index (χ1n) is 14.1. The van der Waals surface area contributed by atoms with Crippen LogP contribution in [0.4, 0.5) is 0 Å². The molecule has 4 nitrogen and oxygen atoms in total. The molecule has 4 heterocycles. The lowest BCUT2D eigenvalue weighted by molar-refractivity contribution is 0.00227. The fourth-order valence-corrected chi connectivity index (χ4v) is 6.63. The third kappa shape index (κ3) is 7.11. The minimum atomic E-state index is 0.654. The van der Waals surface area contributed by atoms with Crippen molar-refractivity contribution in [1.29, 1.82) is 0 Å². The van der Waals surface area contributed by atoms with Crippen molar-refractivity contribution in [2.45, 2.75) is 128 Å². The quantitative estimate of drug-likeness (QED) is 0.422. The molecule has 2 saturated heterocycles. The van der Waals surface area contributed by atoms with Crippen molar-refractivity contribution in [2.75, 3.05) is 0 Å². The SMILES string of the molecule is CCC1CC(N2C(CC)CCCC2CCCc2cccnc2)CC(CCCc2ccncc2)N1. The summed E-state index contributed by atoms with van der Waals surface area (Å²) < 4.78 is 0. The summed E-state index contributed by atoms with van der Waals surface area (Å²) in [4.78, 5) is 11.5. The smallest absolute Gasteiger partial charge is 0.0299 e. The maximum Gasteiger partial charge on any atom is 0.0299 e. The Morgan fingerprint density at radius 1 is 0.824 bits per heavy atom. The van der Waals surface area contributed by atoms with Crippen LogP contribution in [0.2, 0.25) is 0 Å². The normalized spacial score (nSPS) is 28.1. The van der Waals surface area contributed by atoms with Crippen LogP contribution in [0.3, 0.4) is 0 Å². The van der Waals surface area contributed by atoms with Crippen molar-refractivity contribution in [3.63, 3.8) is 0 Å². The number of likely N-dealkylation sites (tertiary alicyclic amines) is 1. The molecule has 0 aromatic carbocycles. The average molecular weight is 463 g/mol. The average Bonchev–Trinajstić information content (AvgIpc) is 2.89. The minimum absolute atomic E-state index is 0.654. The van der Waals surface area contributed by atoms with E-state index < -0.39 is 0 Å². The van der Waals surface area contributed by atoms with Gasteiger partial charge in [-0.2, -0.15) is 0 Å². The Balaban J connectivity index is 1.37. The molecule has 0 amide bonds. The molecule has 2 aliphatic heterocycles. The zero-order valence-electron chi connectivity index (χ0n) is 21.5. The van der Waals surface area contributed by atoms with E-state index in [4.69, 9.17) is 0 Å². The van der Waals surface area contributed by atoms with Gasteiger partial charge in [0.1, 0.15) is 0 Å². The first kappa shape index (κ1) is 25.3. The van der Waals surface area contributed by atoms with Crippen LogP contribution in [0.15, 0.2) is 49.1 Å². The molecule has 0 saturated carbocycles. The molecule has 4 heteroatoms. The molecule has 2 aromatic rings. The molecule has 186 valence electrons. The molecule has 34 heavy (non-hydrogen) atoms. The van der Waals surface area contributed by atoms with E-state index in [9.17, 15) is 0 Å². The molecule has 0 aliphatic carbocycles. The monoisotopic (exact) mass is 462 g/mol. The molecule has 2 aliphatic rings. The van der Waals surface area contributed by atoms with Crippen molar-refractivity contribution in [3.05, 3.63) is 60.2 Å². The van der Waals surface area contributed by atoms with Crippen LogP contribution >= 0.6 is 0 Å². The van der Waals surface area contributed by atoms with E-state index in [1.54, 1.807) is 0 Å². The summed E-state index contributed by atoms with van der Waals surface area (Å²) in [5.74, 6) is 0. The van der Waals surface area contributed by atoms with Gasteiger partial charge in [-0.3, -0.25) is 14.9 Å². The number of nitrogens with one attached hydrogen (secondary N) is 1. The van der Waals surface area contributed by atoms with Gasteiger partial charge in [-0.1, -0.05) is 26.3 Å². The molecule has 2 fully saturated rings. The van der Waals surface area contributed by atoms with Gasteiger partial charge in [0.05, 0.1) is 0 Å². The van der Waals surface area contributed by atoms with Crippen molar-refractivity contribution < 1.29 is 0 Å². The van der Waals surface area contributed by atoms with Crippen LogP contribution in [0, 0.1) is 0 Å². The lowest BCUT2D eigenvalue weighted by atomic mass is 9.83. The van der Waals surface area contributed by atoms with Gasteiger partial charge in [0.15, 0.2) is 0 Å². The minimum Gasteiger partial charge on any atom is -0.311 e. The summed E-state index contributed by atoms with van der Waals surface area (Å²) in [6.45, 7) is 4.78. The van der Waals surface area contributed by atoms with Gasteiger partial charge in [0.2, 0.25) is 0 Å². The lowest BCUT2D eigenvalue weighted by Gasteiger charge is -2.51. The third-order valence-corrected chi connectivity index (χ3v) is 8.38. The molecule has 2 aromatic heterocycles. The van der Waals surface area contributed by atoms with E-state index in [-0.39, 0.29) is 0 Å². The summed E-state index contributed by atoms with van der Waals surface area (Å²) in [6.07, 6.45) is 24.6. The number of aryl methyl sites for hydroxylation is 2. The van der Waals surface area contributed by atoms with Gasteiger partial charge in [-0.25, -0.2) is 0 Å². The van der Waals surface area contributed by atoms with E-state index in [0.29, 0.717) is 12.1 Å². The zero-order valence-corrected chi connectivity index (χ0v) is 21.5. The van der Waals surface area contributed by atoms with E-state index in [1.807, 2.05) is 24.8 Å². The second kappa shape index (κ2) is 13.3. The van der Waals surface area contributed by atoms with Crippen LogP contribution in [0.1, 0.15) is 95.6 Å². The predicted octanol–water partition coefficient (Wildman–Crippen LogP) is 6.35. The van der Waals surface area contributed by atoms with Crippen LogP contribution in [0.5, 0.6) is 0 Å². The molecular weight excluding hydrogens is 416 g/mol. The molecule has 5 unspecified atom stereocenters. The van der Waals surface area contributed by atoms with Crippen LogP contribution in [-0.2, 0) is 12.8 Å². The maximum absolute atomic E-state index is 4.31. The highest BCUT2D eigenvalue weighted by Crippen LogP contribution is 2.35. The van der Waals surface area contributed by atoms with Gasteiger partial charge in [0, 0.05) is 55.0 Å². The Bertz CT molecular complexity index is 811. The molecule has 4 rings (SSSR count). The van der Waals surface area contributed by atoms with Gasteiger partial charge >= 0.3 is 0 Å². The van der Waals surface area contributed by atoms with E-state index in [2.05, 4.69) is 58.3 Å².